The Morgan fingerprint density at radius 2 is 1.80 bits per heavy atom. The minimum Gasteiger partial charge on any atom is -0.390 e. The molecule has 1 N–H and O–H groups in total. The molecular weight excluding hydrogens is 184 g/mol. The Morgan fingerprint density at radius 1 is 1.13 bits per heavy atom. The molecule has 0 heterocycles. The van der Waals surface area contributed by atoms with Gasteiger partial charge in [-0.1, -0.05) is 58.8 Å². The van der Waals surface area contributed by atoms with Gasteiger partial charge in [-0.15, -0.1) is 0 Å². The summed E-state index contributed by atoms with van der Waals surface area (Å²) in [5.74, 6) is 0.535. The maximum atomic E-state index is 10.4. The van der Waals surface area contributed by atoms with Crippen LogP contribution in [0.4, 0.5) is 0 Å². The summed E-state index contributed by atoms with van der Waals surface area (Å²) in [4.78, 5) is 0. The molecule has 0 aromatic rings. The van der Waals surface area contributed by atoms with Crippen LogP contribution < -0.4 is 0 Å². The summed E-state index contributed by atoms with van der Waals surface area (Å²) in [6.45, 7) is 4.47. The molecule has 0 amide bonds. The first kappa shape index (κ1) is 13.0. The average molecular weight is 212 g/mol. The van der Waals surface area contributed by atoms with Gasteiger partial charge in [-0.25, -0.2) is 0 Å². The number of aliphatic hydroxyl groups is 1. The van der Waals surface area contributed by atoms with Gasteiger partial charge in [-0.05, 0) is 25.2 Å². The van der Waals surface area contributed by atoms with Crippen LogP contribution in [0.3, 0.4) is 0 Å². The van der Waals surface area contributed by atoms with Crippen LogP contribution in [0.25, 0.3) is 0 Å². The quantitative estimate of drug-likeness (QED) is 0.624. The number of hydrogen-bond donors (Lipinski definition) is 1. The Morgan fingerprint density at radius 3 is 2.40 bits per heavy atom. The van der Waals surface area contributed by atoms with Crippen LogP contribution in [-0.2, 0) is 0 Å². The van der Waals surface area contributed by atoms with Crippen molar-refractivity contribution in [2.45, 2.75) is 83.7 Å². The van der Waals surface area contributed by atoms with Crippen LogP contribution in [0.5, 0.6) is 0 Å². The summed E-state index contributed by atoms with van der Waals surface area (Å²) < 4.78 is 0. The Kier molecular flexibility index (Phi) is 5.66. The third-order valence-electron chi connectivity index (χ3n) is 4.13. The molecule has 1 saturated carbocycles. The second kappa shape index (κ2) is 6.52. The Balaban J connectivity index is 2.04. The summed E-state index contributed by atoms with van der Waals surface area (Å²) in [7, 11) is 0. The Hall–Kier alpha value is -0.0400. The van der Waals surface area contributed by atoms with Gasteiger partial charge in [-0.2, -0.15) is 0 Å². The van der Waals surface area contributed by atoms with Crippen molar-refractivity contribution in [2.24, 2.45) is 5.92 Å². The zero-order valence-electron chi connectivity index (χ0n) is 10.6. The van der Waals surface area contributed by atoms with Crippen molar-refractivity contribution < 1.29 is 5.11 Å². The van der Waals surface area contributed by atoms with Crippen LogP contribution in [0, 0.1) is 5.92 Å². The topological polar surface area (TPSA) is 20.2 Å². The van der Waals surface area contributed by atoms with E-state index in [1.54, 1.807) is 0 Å². The summed E-state index contributed by atoms with van der Waals surface area (Å²) >= 11 is 0. The van der Waals surface area contributed by atoms with Crippen molar-refractivity contribution in [2.75, 3.05) is 0 Å². The third-order valence-corrected chi connectivity index (χ3v) is 4.13. The SMILES string of the molecule is CCCCCCCCC1(O)CCCC1C. The summed E-state index contributed by atoms with van der Waals surface area (Å²) in [6.07, 6.45) is 12.5. The lowest BCUT2D eigenvalue weighted by molar-refractivity contribution is -0.00127. The molecule has 0 radical (unpaired) electrons. The molecule has 1 aliphatic carbocycles. The molecule has 0 aromatic heterocycles. The van der Waals surface area contributed by atoms with Gasteiger partial charge < -0.3 is 5.11 Å². The van der Waals surface area contributed by atoms with E-state index in [-0.39, 0.29) is 5.60 Å². The third kappa shape index (κ3) is 4.14. The summed E-state index contributed by atoms with van der Waals surface area (Å²) in [6, 6.07) is 0. The fraction of sp³-hybridized carbons (Fsp3) is 1.00. The molecule has 90 valence electrons. The highest BCUT2D eigenvalue weighted by Crippen LogP contribution is 2.38. The first-order valence-corrected chi connectivity index (χ1v) is 6.91. The lowest BCUT2D eigenvalue weighted by Crippen LogP contribution is -2.31. The molecule has 1 nitrogen and oxygen atoms in total. The lowest BCUT2D eigenvalue weighted by atomic mass is 9.87. The van der Waals surface area contributed by atoms with Crippen LogP contribution >= 0.6 is 0 Å². The van der Waals surface area contributed by atoms with E-state index in [9.17, 15) is 5.11 Å². The van der Waals surface area contributed by atoms with Gasteiger partial charge in [0.15, 0.2) is 0 Å². The monoisotopic (exact) mass is 212 g/mol. The van der Waals surface area contributed by atoms with Gasteiger partial charge in [0.1, 0.15) is 0 Å². The van der Waals surface area contributed by atoms with Crippen LogP contribution in [0.1, 0.15) is 78.1 Å². The highest BCUT2D eigenvalue weighted by Gasteiger charge is 2.37. The first-order valence-electron chi connectivity index (χ1n) is 6.91. The minimum atomic E-state index is -0.301. The molecule has 0 saturated heterocycles. The maximum absolute atomic E-state index is 10.4. The van der Waals surface area contributed by atoms with E-state index in [2.05, 4.69) is 13.8 Å². The van der Waals surface area contributed by atoms with E-state index < -0.39 is 0 Å². The molecule has 1 heteroatoms. The first-order chi connectivity index (χ1) is 7.19. The van der Waals surface area contributed by atoms with Gasteiger partial charge in [0.2, 0.25) is 0 Å². The molecule has 2 atom stereocenters. The average Bonchev–Trinajstić information content (AvgIpc) is 2.54. The highest BCUT2D eigenvalue weighted by molar-refractivity contribution is 4.89. The van der Waals surface area contributed by atoms with Gasteiger partial charge in [0, 0.05) is 0 Å². The van der Waals surface area contributed by atoms with E-state index in [1.807, 2.05) is 0 Å². The van der Waals surface area contributed by atoms with Crippen molar-refractivity contribution in [3.8, 4) is 0 Å². The molecular formula is C14H28O. The second-order valence-electron chi connectivity index (χ2n) is 5.41. The van der Waals surface area contributed by atoms with Gasteiger partial charge in [-0.3, -0.25) is 0 Å². The maximum Gasteiger partial charge on any atom is 0.0673 e. The minimum absolute atomic E-state index is 0.301. The fourth-order valence-electron chi connectivity index (χ4n) is 2.81. The number of hydrogen-bond acceptors (Lipinski definition) is 1. The smallest absolute Gasteiger partial charge is 0.0673 e. The zero-order valence-corrected chi connectivity index (χ0v) is 10.6. The lowest BCUT2D eigenvalue weighted by Gasteiger charge is -2.27. The molecule has 0 aliphatic heterocycles. The molecule has 1 rings (SSSR count). The van der Waals surface area contributed by atoms with Gasteiger partial charge in [0.05, 0.1) is 5.60 Å². The van der Waals surface area contributed by atoms with Crippen LogP contribution in [0.2, 0.25) is 0 Å². The van der Waals surface area contributed by atoms with E-state index in [1.165, 1.54) is 51.4 Å². The molecule has 0 bridgehead atoms. The van der Waals surface area contributed by atoms with Gasteiger partial charge >= 0.3 is 0 Å². The van der Waals surface area contributed by atoms with Gasteiger partial charge in [0.25, 0.3) is 0 Å². The van der Waals surface area contributed by atoms with Crippen molar-refractivity contribution in [3.63, 3.8) is 0 Å². The van der Waals surface area contributed by atoms with Crippen molar-refractivity contribution in [3.05, 3.63) is 0 Å². The predicted octanol–water partition coefficient (Wildman–Crippen LogP) is 4.29. The van der Waals surface area contributed by atoms with Crippen molar-refractivity contribution >= 4 is 0 Å². The fourth-order valence-corrected chi connectivity index (χ4v) is 2.81. The molecule has 1 fully saturated rings. The van der Waals surface area contributed by atoms with Crippen LogP contribution in [0.15, 0.2) is 0 Å². The Labute approximate surface area is 95.3 Å². The molecule has 1 aliphatic rings. The normalized spacial score (nSPS) is 31.0. The van der Waals surface area contributed by atoms with E-state index in [4.69, 9.17) is 0 Å². The zero-order chi connectivity index (χ0) is 11.1. The number of unbranched alkanes of at least 4 members (excludes halogenated alkanes) is 5. The largest absolute Gasteiger partial charge is 0.390 e. The number of rotatable bonds is 7. The predicted molar refractivity (Wildman–Crippen MR) is 66.0 cm³/mol. The Bertz CT molecular complexity index is 167. The standard InChI is InChI=1S/C14H28O/c1-3-4-5-6-7-8-11-14(15)12-9-10-13(14)2/h13,15H,3-12H2,1-2H3. The summed E-state index contributed by atoms with van der Waals surface area (Å²) in [5, 5.41) is 10.4. The van der Waals surface area contributed by atoms with Crippen molar-refractivity contribution in [1.82, 2.24) is 0 Å². The van der Waals surface area contributed by atoms with E-state index in [0.717, 1.165) is 12.8 Å². The molecule has 0 spiro atoms. The molecule has 15 heavy (non-hydrogen) atoms. The second-order valence-corrected chi connectivity index (χ2v) is 5.41. The van der Waals surface area contributed by atoms with Crippen molar-refractivity contribution in [1.29, 1.82) is 0 Å². The van der Waals surface area contributed by atoms with Crippen LogP contribution in [-0.4, -0.2) is 10.7 Å². The molecule has 0 aromatic carbocycles. The molecule has 2 unspecified atom stereocenters. The van der Waals surface area contributed by atoms with E-state index in [0.29, 0.717) is 5.92 Å². The van der Waals surface area contributed by atoms with E-state index >= 15 is 0 Å². The summed E-state index contributed by atoms with van der Waals surface area (Å²) in [5.41, 5.74) is -0.301. The highest BCUT2D eigenvalue weighted by atomic mass is 16.3.